The summed E-state index contributed by atoms with van der Waals surface area (Å²) in [6, 6.07) is 1.87. The molecule has 2 heterocycles. The van der Waals surface area contributed by atoms with Gasteiger partial charge < -0.3 is 9.84 Å². The van der Waals surface area contributed by atoms with Crippen LogP contribution in [0.5, 0.6) is 0 Å². The van der Waals surface area contributed by atoms with Crippen LogP contribution >= 0.6 is 0 Å². The van der Waals surface area contributed by atoms with E-state index in [1.54, 1.807) is 6.20 Å². The lowest BCUT2D eigenvalue weighted by Gasteiger charge is -2.35. The summed E-state index contributed by atoms with van der Waals surface area (Å²) in [6.07, 6.45) is 2.13. The van der Waals surface area contributed by atoms with Gasteiger partial charge in [-0.3, -0.25) is 9.58 Å². The minimum atomic E-state index is -0.591. The van der Waals surface area contributed by atoms with Crippen LogP contribution in [0.15, 0.2) is 12.3 Å². The molecule has 1 saturated heterocycles. The van der Waals surface area contributed by atoms with Crippen LogP contribution in [0.2, 0.25) is 0 Å². The number of aliphatic hydroxyl groups excluding tert-OH is 1. The van der Waals surface area contributed by atoms with Crippen molar-refractivity contribution < 1.29 is 9.84 Å². The van der Waals surface area contributed by atoms with Crippen LogP contribution in [0.4, 0.5) is 0 Å². The molecule has 2 rings (SSSR count). The number of morpholine rings is 1. The van der Waals surface area contributed by atoms with Gasteiger partial charge in [0, 0.05) is 25.8 Å². The van der Waals surface area contributed by atoms with Gasteiger partial charge in [0.1, 0.15) is 12.2 Å². The standard InChI is InChI=1S/C13H23N3O2/c1-3-7-15-8-9-18-12(10-15)13(17)11-5-6-14-16(11)4-2/h5-6,12-13,17H,3-4,7-10H2,1-2H3. The number of aryl methyl sites for hydroxylation is 1. The summed E-state index contributed by atoms with van der Waals surface area (Å²) in [5, 5.41) is 14.6. The summed E-state index contributed by atoms with van der Waals surface area (Å²) in [4.78, 5) is 2.35. The van der Waals surface area contributed by atoms with Crippen LogP contribution in [0.3, 0.4) is 0 Å². The topological polar surface area (TPSA) is 50.5 Å². The molecule has 1 aromatic heterocycles. The highest BCUT2D eigenvalue weighted by Crippen LogP contribution is 2.22. The molecule has 1 N–H and O–H groups in total. The third-order valence-corrected chi connectivity index (χ3v) is 3.42. The van der Waals surface area contributed by atoms with Crippen molar-refractivity contribution in [3.8, 4) is 0 Å². The molecule has 0 saturated carbocycles. The first-order valence-electron chi connectivity index (χ1n) is 6.80. The Morgan fingerprint density at radius 3 is 3.11 bits per heavy atom. The molecule has 0 amide bonds. The van der Waals surface area contributed by atoms with Crippen LogP contribution in [-0.4, -0.2) is 52.1 Å². The van der Waals surface area contributed by atoms with Gasteiger partial charge in [0.2, 0.25) is 0 Å². The number of rotatable bonds is 5. The lowest BCUT2D eigenvalue weighted by atomic mass is 10.1. The number of aromatic nitrogens is 2. The smallest absolute Gasteiger partial charge is 0.123 e. The fourth-order valence-electron chi connectivity index (χ4n) is 2.49. The third kappa shape index (κ3) is 2.91. The van der Waals surface area contributed by atoms with Crippen LogP contribution < -0.4 is 0 Å². The van der Waals surface area contributed by atoms with Gasteiger partial charge in [-0.05, 0) is 26.0 Å². The summed E-state index contributed by atoms with van der Waals surface area (Å²) in [7, 11) is 0. The van der Waals surface area contributed by atoms with Gasteiger partial charge in [0.05, 0.1) is 12.3 Å². The second-order valence-electron chi connectivity index (χ2n) is 4.73. The van der Waals surface area contributed by atoms with Gasteiger partial charge in [-0.15, -0.1) is 0 Å². The fraction of sp³-hybridized carbons (Fsp3) is 0.769. The minimum Gasteiger partial charge on any atom is -0.384 e. The van der Waals surface area contributed by atoms with Crippen molar-refractivity contribution in [1.29, 1.82) is 0 Å². The van der Waals surface area contributed by atoms with Gasteiger partial charge >= 0.3 is 0 Å². The van der Waals surface area contributed by atoms with Crippen molar-refractivity contribution in [2.24, 2.45) is 0 Å². The summed E-state index contributed by atoms with van der Waals surface area (Å²) in [5.74, 6) is 0. The normalized spacial score (nSPS) is 23.2. The Hall–Kier alpha value is -0.910. The summed E-state index contributed by atoms with van der Waals surface area (Å²) < 4.78 is 7.53. The molecule has 1 aromatic rings. The number of hydrogen-bond acceptors (Lipinski definition) is 4. The van der Waals surface area contributed by atoms with Gasteiger partial charge in [-0.1, -0.05) is 6.92 Å². The number of hydrogen-bond donors (Lipinski definition) is 1. The predicted octanol–water partition coefficient (Wildman–Crippen LogP) is 1.05. The van der Waals surface area contributed by atoms with Crippen molar-refractivity contribution in [1.82, 2.24) is 14.7 Å². The molecule has 0 aromatic carbocycles. The zero-order chi connectivity index (χ0) is 13.0. The van der Waals surface area contributed by atoms with E-state index in [-0.39, 0.29) is 6.10 Å². The van der Waals surface area contributed by atoms with Crippen LogP contribution in [0, 0.1) is 0 Å². The SMILES string of the molecule is CCCN1CCOC(C(O)c2ccnn2CC)C1. The predicted molar refractivity (Wildman–Crippen MR) is 69.3 cm³/mol. The molecule has 1 aliphatic heterocycles. The van der Waals surface area contributed by atoms with E-state index in [1.807, 2.05) is 17.7 Å². The van der Waals surface area contributed by atoms with Gasteiger partial charge in [-0.25, -0.2) is 0 Å². The molecule has 18 heavy (non-hydrogen) atoms. The van der Waals surface area contributed by atoms with E-state index in [9.17, 15) is 5.11 Å². The van der Waals surface area contributed by atoms with E-state index in [4.69, 9.17) is 4.74 Å². The summed E-state index contributed by atoms with van der Waals surface area (Å²) in [5.41, 5.74) is 0.848. The van der Waals surface area contributed by atoms with Gasteiger partial charge in [-0.2, -0.15) is 5.10 Å². The number of aliphatic hydroxyl groups is 1. The number of nitrogens with zero attached hydrogens (tertiary/aromatic N) is 3. The molecule has 0 radical (unpaired) electrons. The van der Waals surface area contributed by atoms with Crippen molar-refractivity contribution in [3.63, 3.8) is 0 Å². The molecule has 1 aliphatic rings. The van der Waals surface area contributed by atoms with Crippen molar-refractivity contribution >= 4 is 0 Å². The molecule has 2 atom stereocenters. The Balaban J connectivity index is 2.02. The molecule has 102 valence electrons. The highest BCUT2D eigenvalue weighted by molar-refractivity contribution is 5.07. The zero-order valence-corrected chi connectivity index (χ0v) is 11.2. The molecular weight excluding hydrogens is 230 g/mol. The lowest BCUT2D eigenvalue weighted by molar-refractivity contribution is -0.0921. The molecular formula is C13H23N3O2. The lowest BCUT2D eigenvalue weighted by Crippen LogP contribution is -2.45. The molecule has 5 nitrogen and oxygen atoms in total. The first kappa shape index (κ1) is 13.5. The quantitative estimate of drug-likeness (QED) is 0.852. The molecule has 0 bridgehead atoms. The van der Waals surface area contributed by atoms with Crippen molar-refractivity contribution in [3.05, 3.63) is 18.0 Å². The molecule has 0 aliphatic carbocycles. The Kier molecular flexibility index (Phi) is 4.74. The Bertz CT molecular complexity index is 365. The Labute approximate surface area is 108 Å². The third-order valence-electron chi connectivity index (χ3n) is 3.42. The Morgan fingerprint density at radius 1 is 1.56 bits per heavy atom. The summed E-state index contributed by atoms with van der Waals surface area (Å²) in [6.45, 7) is 8.49. The zero-order valence-electron chi connectivity index (χ0n) is 11.2. The van der Waals surface area contributed by atoms with E-state index in [0.717, 1.165) is 38.3 Å². The molecule has 5 heteroatoms. The van der Waals surface area contributed by atoms with E-state index in [2.05, 4.69) is 16.9 Å². The Morgan fingerprint density at radius 2 is 2.39 bits per heavy atom. The van der Waals surface area contributed by atoms with Crippen molar-refractivity contribution in [2.45, 2.75) is 39.0 Å². The largest absolute Gasteiger partial charge is 0.384 e. The fourth-order valence-corrected chi connectivity index (χ4v) is 2.49. The maximum atomic E-state index is 10.4. The van der Waals surface area contributed by atoms with Gasteiger partial charge in [0.15, 0.2) is 0 Å². The second kappa shape index (κ2) is 6.31. The average molecular weight is 253 g/mol. The van der Waals surface area contributed by atoms with E-state index in [1.165, 1.54) is 0 Å². The highest BCUT2D eigenvalue weighted by atomic mass is 16.5. The van der Waals surface area contributed by atoms with E-state index in [0.29, 0.717) is 6.61 Å². The van der Waals surface area contributed by atoms with E-state index < -0.39 is 6.10 Å². The summed E-state index contributed by atoms with van der Waals surface area (Å²) >= 11 is 0. The van der Waals surface area contributed by atoms with E-state index >= 15 is 0 Å². The maximum absolute atomic E-state index is 10.4. The van der Waals surface area contributed by atoms with Gasteiger partial charge in [0.25, 0.3) is 0 Å². The van der Waals surface area contributed by atoms with Crippen LogP contribution in [-0.2, 0) is 11.3 Å². The first-order chi connectivity index (χ1) is 8.76. The molecule has 2 unspecified atom stereocenters. The van der Waals surface area contributed by atoms with Crippen LogP contribution in [0.1, 0.15) is 32.1 Å². The number of ether oxygens (including phenoxy) is 1. The second-order valence-corrected chi connectivity index (χ2v) is 4.73. The monoisotopic (exact) mass is 253 g/mol. The minimum absolute atomic E-state index is 0.146. The highest BCUT2D eigenvalue weighted by Gasteiger charge is 2.29. The maximum Gasteiger partial charge on any atom is 0.123 e. The molecule has 1 fully saturated rings. The first-order valence-corrected chi connectivity index (χ1v) is 6.80. The molecule has 0 spiro atoms. The van der Waals surface area contributed by atoms with Crippen LogP contribution in [0.25, 0.3) is 0 Å². The average Bonchev–Trinajstić information content (AvgIpc) is 2.87. The van der Waals surface area contributed by atoms with Crippen molar-refractivity contribution in [2.75, 3.05) is 26.2 Å².